The fourth-order valence-corrected chi connectivity index (χ4v) is 5.23. The Morgan fingerprint density at radius 2 is 1.88 bits per heavy atom. The number of ether oxygens (including phenoxy) is 1. The molecule has 0 bridgehead atoms. The predicted octanol–water partition coefficient (Wildman–Crippen LogP) is 5.09. The molecule has 0 N–H and O–H groups in total. The van der Waals surface area contributed by atoms with Gasteiger partial charge in [-0.1, -0.05) is 47.1 Å². The Kier molecular flexibility index (Phi) is 5.98. The highest BCUT2D eigenvalue weighted by atomic mass is 35.5. The van der Waals surface area contributed by atoms with E-state index in [0.29, 0.717) is 5.15 Å². The minimum absolute atomic E-state index is 0.509. The highest BCUT2D eigenvalue weighted by molar-refractivity contribution is 7.99. The van der Waals surface area contributed by atoms with Crippen molar-refractivity contribution in [1.29, 1.82) is 0 Å². The maximum absolute atomic E-state index is 6.51. The van der Waals surface area contributed by atoms with Crippen LogP contribution < -0.4 is 0 Å². The lowest BCUT2D eigenvalue weighted by molar-refractivity contribution is 0.0410. The van der Waals surface area contributed by atoms with Gasteiger partial charge in [0.05, 0.1) is 18.6 Å². The maximum Gasteiger partial charge on any atom is 0.190 e. The molecule has 0 aliphatic carbocycles. The first kappa shape index (κ1) is 18.5. The number of morpholine rings is 1. The summed E-state index contributed by atoms with van der Waals surface area (Å²) in [6.45, 7) is 4.64. The molecule has 0 atom stereocenters. The largest absolute Gasteiger partial charge is 0.379 e. The molecule has 0 unspecified atom stereocenters. The third-order valence-electron chi connectivity index (χ3n) is 4.27. The molecule has 3 heterocycles. The molecule has 136 valence electrons. The normalized spacial score (nSPS) is 15.6. The van der Waals surface area contributed by atoms with E-state index in [4.69, 9.17) is 32.9 Å². The Morgan fingerprint density at radius 1 is 1.12 bits per heavy atom. The number of thiophene rings is 1. The number of aromatic nitrogens is 2. The quantitative estimate of drug-likeness (QED) is 0.323. The summed E-state index contributed by atoms with van der Waals surface area (Å²) in [6.07, 6.45) is 0. The number of rotatable bonds is 5. The molecule has 1 fully saturated rings. The van der Waals surface area contributed by atoms with Crippen LogP contribution in [0.25, 0.3) is 21.3 Å². The minimum atomic E-state index is 0.509. The molecule has 0 amide bonds. The maximum atomic E-state index is 6.51. The van der Waals surface area contributed by atoms with E-state index in [1.807, 2.05) is 24.3 Å². The first-order valence-electron chi connectivity index (χ1n) is 8.34. The van der Waals surface area contributed by atoms with Crippen molar-refractivity contribution in [2.75, 3.05) is 38.6 Å². The van der Waals surface area contributed by atoms with Gasteiger partial charge >= 0.3 is 0 Å². The molecular weight excluding hydrogens is 409 g/mol. The molecule has 8 heteroatoms. The molecule has 4 nitrogen and oxygen atoms in total. The van der Waals surface area contributed by atoms with Crippen molar-refractivity contribution in [3.8, 4) is 11.1 Å². The third-order valence-corrected chi connectivity index (χ3v) is 6.49. The molecule has 3 aromatic rings. The van der Waals surface area contributed by atoms with Crippen LogP contribution in [0.1, 0.15) is 0 Å². The van der Waals surface area contributed by atoms with Gasteiger partial charge in [0.25, 0.3) is 0 Å². The van der Waals surface area contributed by atoms with E-state index in [9.17, 15) is 0 Å². The van der Waals surface area contributed by atoms with Crippen LogP contribution in [-0.4, -0.2) is 53.5 Å². The van der Waals surface area contributed by atoms with Gasteiger partial charge in [-0.2, -0.15) is 0 Å². The lowest BCUT2D eigenvalue weighted by Gasteiger charge is -2.26. The van der Waals surface area contributed by atoms with Gasteiger partial charge < -0.3 is 4.74 Å². The van der Waals surface area contributed by atoms with Crippen LogP contribution in [0.2, 0.25) is 10.2 Å². The van der Waals surface area contributed by atoms with Gasteiger partial charge in [-0.3, -0.25) is 4.90 Å². The zero-order valence-corrected chi connectivity index (χ0v) is 17.1. The molecule has 1 aromatic carbocycles. The molecule has 1 saturated heterocycles. The first-order valence-corrected chi connectivity index (χ1v) is 11.0. The highest BCUT2D eigenvalue weighted by Gasteiger charge is 2.15. The zero-order chi connectivity index (χ0) is 17.9. The van der Waals surface area contributed by atoms with Crippen LogP contribution in [0.15, 0.2) is 34.8 Å². The summed E-state index contributed by atoms with van der Waals surface area (Å²) in [5, 5.41) is 4.96. The van der Waals surface area contributed by atoms with Crippen molar-refractivity contribution >= 4 is 56.5 Å². The third kappa shape index (κ3) is 4.16. The van der Waals surface area contributed by atoms with Crippen LogP contribution in [0.3, 0.4) is 0 Å². The number of hydrogen-bond donors (Lipinski definition) is 0. The zero-order valence-electron chi connectivity index (χ0n) is 14.0. The molecule has 4 rings (SSSR count). The van der Waals surface area contributed by atoms with Crippen LogP contribution in [0, 0.1) is 0 Å². The number of benzene rings is 1. The van der Waals surface area contributed by atoms with Gasteiger partial charge in [0.15, 0.2) is 5.16 Å². The van der Waals surface area contributed by atoms with Crippen LogP contribution in [0.5, 0.6) is 0 Å². The molecule has 26 heavy (non-hydrogen) atoms. The average molecular weight is 426 g/mol. The molecule has 2 aromatic heterocycles. The van der Waals surface area contributed by atoms with Gasteiger partial charge in [-0.15, -0.1) is 11.3 Å². The average Bonchev–Trinajstić information content (AvgIpc) is 3.08. The Labute approximate surface area is 170 Å². The summed E-state index contributed by atoms with van der Waals surface area (Å²) < 4.78 is 5.38. The Bertz CT molecular complexity index is 895. The highest BCUT2D eigenvalue weighted by Crippen LogP contribution is 2.38. The van der Waals surface area contributed by atoms with Gasteiger partial charge in [-0.25, -0.2) is 9.97 Å². The Morgan fingerprint density at radius 3 is 2.65 bits per heavy atom. The number of thioether (sulfide) groups is 1. The van der Waals surface area contributed by atoms with Crippen LogP contribution in [0.4, 0.5) is 0 Å². The SMILES string of the molecule is Clc1ccc(-c2csc3nc(SCCN4CCOCC4)nc(Cl)c23)cc1. The summed E-state index contributed by atoms with van der Waals surface area (Å²) >= 11 is 15.7. The smallest absolute Gasteiger partial charge is 0.190 e. The van der Waals surface area contributed by atoms with E-state index in [0.717, 1.165) is 70.1 Å². The number of hydrogen-bond acceptors (Lipinski definition) is 6. The molecule has 1 aliphatic rings. The number of nitrogens with zero attached hydrogens (tertiary/aromatic N) is 3. The summed E-state index contributed by atoms with van der Waals surface area (Å²) in [4.78, 5) is 12.5. The lowest BCUT2D eigenvalue weighted by Crippen LogP contribution is -2.37. The van der Waals surface area contributed by atoms with E-state index in [1.54, 1.807) is 23.1 Å². The second kappa shape index (κ2) is 8.42. The second-order valence-electron chi connectivity index (χ2n) is 5.94. The van der Waals surface area contributed by atoms with E-state index in [1.165, 1.54) is 0 Å². The van der Waals surface area contributed by atoms with E-state index < -0.39 is 0 Å². The van der Waals surface area contributed by atoms with Crippen molar-refractivity contribution in [2.24, 2.45) is 0 Å². The summed E-state index contributed by atoms with van der Waals surface area (Å²) in [6, 6.07) is 7.74. The van der Waals surface area contributed by atoms with Crippen LogP contribution >= 0.6 is 46.3 Å². The molecule has 0 radical (unpaired) electrons. The summed E-state index contributed by atoms with van der Waals surface area (Å²) in [5.41, 5.74) is 2.12. The fraction of sp³-hybridized carbons (Fsp3) is 0.333. The van der Waals surface area contributed by atoms with Gasteiger partial charge in [0.2, 0.25) is 0 Å². The Hall–Kier alpha value is -0.890. The van der Waals surface area contributed by atoms with Gasteiger partial charge in [0.1, 0.15) is 9.98 Å². The second-order valence-corrected chi connectivity index (χ2v) is 8.65. The van der Waals surface area contributed by atoms with E-state index >= 15 is 0 Å². The number of fused-ring (bicyclic) bond motifs is 1. The van der Waals surface area contributed by atoms with Gasteiger partial charge in [-0.05, 0) is 17.7 Å². The molecule has 0 saturated carbocycles. The van der Waals surface area contributed by atoms with Crippen molar-refractivity contribution in [3.63, 3.8) is 0 Å². The lowest BCUT2D eigenvalue weighted by atomic mass is 10.1. The standard InChI is InChI=1S/C18H17Cl2N3OS2/c19-13-3-1-12(2-4-13)14-11-26-17-15(14)16(20)21-18(22-17)25-10-7-23-5-8-24-9-6-23/h1-4,11H,5-10H2. The van der Waals surface area contributed by atoms with Crippen LogP contribution in [-0.2, 0) is 4.74 Å². The van der Waals surface area contributed by atoms with Crippen molar-refractivity contribution < 1.29 is 4.74 Å². The van der Waals surface area contributed by atoms with E-state index in [-0.39, 0.29) is 0 Å². The molecule has 0 spiro atoms. The van der Waals surface area contributed by atoms with Crippen molar-refractivity contribution in [3.05, 3.63) is 39.8 Å². The summed E-state index contributed by atoms with van der Waals surface area (Å²) in [7, 11) is 0. The van der Waals surface area contributed by atoms with E-state index in [2.05, 4.69) is 15.3 Å². The van der Waals surface area contributed by atoms with Crippen molar-refractivity contribution in [1.82, 2.24) is 14.9 Å². The monoisotopic (exact) mass is 425 g/mol. The first-order chi connectivity index (χ1) is 12.7. The topological polar surface area (TPSA) is 38.2 Å². The van der Waals surface area contributed by atoms with Crippen molar-refractivity contribution in [2.45, 2.75) is 5.16 Å². The molecular formula is C18H17Cl2N3OS2. The predicted molar refractivity (Wildman–Crippen MR) is 111 cm³/mol. The Balaban J connectivity index is 1.51. The van der Waals surface area contributed by atoms with Gasteiger partial charge in [0, 0.05) is 41.4 Å². The molecule has 1 aliphatic heterocycles. The summed E-state index contributed by atoms with van der Waals surface area (Å²) in [5.74, 6) is 0.942. The fourth-order valence-electron chi connectivity index (χ4n) is 2.88. The number of halogens is 2. The minimum Gasteiger partial charge on any atom is -0.379 e.